The van der Waals surface area contributed by atoms with Crippen LogP contribution in [0.15, 0.2) is 24.3 Å². The molecule has 1 saturated heterocycles. The van der Waals surface area contributed by atoms with Crippen LogP contribution in [0.1, 0.15) is 19.4 Å². The van der Waals surface area contributed by atoms with Crippen molar-refractivity contribution in [2.75, 3.05) is 32.8 Å². The van der Waals surface area contributed by atoms with Gasteiger partial charge in [-0.05, 0) is 43.8 Å². The largest absolute Gasteiger partial charge is 0.379 e. The van der Waals surface area contributed by atoms with E-state index in [-0.39, 0.29) is 11.4 Å². The number of rotatable bonds is 5. The van der Waals surface area contributed by atoms with Crippen molar-refractivity contribution in [3.05, 3.63) is 35.6 Å². The Morgan fingerprint density at radius 3 is 2.50 bits per heavy atom. The third-order valence-corrected chi connectivity index (χ3v) is 4.20. The lowest BCUT2D eigenvalue weighted by Crippen LogP contribution is -2.56. The molecule has 0 spiro atoms. The maximum absolute atomic E-state index is 12.8. The SMILES string of the molecule is CC(C)(CNC(=S)NCc1ccc(F)cc1)N1CCOCC1. The van der Waals surface area contributed by atoms with Gasteiger partial charge in [0.1, 0.15) is 5.82 Å². The van der Waals surface area contributed by atoms with E-state index in [9.17, 15) is 4.39 Å². The van der Waals surface area contributed by atoms with Crippen LogP contribution < -0.4 is 10.6 Å². The molecule has 0 aliphatic carbocycles. The molecule has 1 aromatic carbocycles. The molecule has 4 nitrogen and oxygen atoms in total. The third kappa shape index (κ3) is 5.19. The molecule has 1 aliphatic heterocycles. The number of halogens is 1. The van der Waals surface area contributed by atoms with Gasteiger partial charge in [0.2, 0.25) is 0 Å². The monoisotopic (exact) mass is 325 g/mol. The Kier molecular flexibility index (Phi) is 6.11. The number of benzene rings is 1. The van der Waals surface area contributed by atoms with Crippen LogP contribution in [0.2, 0.25) is 0 Å². The van der Waals surface area contributed by atoms with Gasteiger partial charge < -0.3 is 15.4 Å². The van der Waals surface area contributed by atoms with Gasteiger partial charge in [0.05, 0.1) is 13.2 Å². The first-order chi connectivity index (χ1) is 10.5. The van der Waals surface area contributed by atoms with Gasteiger partial charge in [-0.2, -0.15) is 0 Å². The molecule has 1 heterocycles. The van der Waals surface area contributed by atoms with Crippen LogP contribution in [0.5, 0.6) is 0 Å². The minimum atomic E-state index is -0.225. The highest BCUT2D eigenvalue weighted by atomic mass is 32.1. The number of hydrogen-bond donors (Lipinski definition) is 2. The highest BCUT2D eigenvalue weighted by Gasteiger charge is 2.28. The molecule has 0 aromatic heterocycles. The lowest BCUT2D eigenvalue weighted by molar-refractivity contribution is -0.00829. The Labute approximate surface area is 137 Å². The van der Waals surface area contributed by atoms with Gasteiger partial charge in [0.15, 0.2) is 5.11 Å². The summed E-state index contributed by atoms with van der Waals surface area (Å²) in [5.41, 5.74) is 1.02. The molecule has 2 N–H and O–H groups in total. The molecule has 0 atom stereocenters. The van der Waals surface area contributed by atoms with Gasteiger partial charge in [0.25, 0.3) is 0 Å². The summed E-state index contributed by atoms with van der Waals surface area (Å²) in [7, 11) is 0. The van der Waals surface area contributed by atoms with E-state index in [1.165, 1.54) is 12.1 Å². The maximum Gasteiger partial charge on any atom is 0.166 e. The Hall–Kier alpha value is -1.24. The zero-order valence-corrected chi connectivity index (χ0v) is 14.0. The molecule has 0 amide bonds. The number of ether oxygens (including phenoxy) is 1. The predicted octanol–water partition coefficient (Wildman–Crippen LogP) is 1.90. The summed E-state index contributed by atoms with van der Waals surface area (Å²) >= 11 is 5.31. The van der Waals surface area contributed by atoms with E-state index < -0.39 is 0 Å². The Balaban J connectivity index is 1.73. The Morgan fingerprint density at radius 2 is 1.86 bits per heavy atom. The normalized spacial score (nSPS) is 16.3. The van der Waals surface area contributed by atoms with E-state index in [2.05, 4.69) is 29.4 Å². The van der Waals surface area contributed by atoms with Crippen molar-refractivity contribution in [2.45, 2.75) is 25.9 Å². The average Bonchev–Trinajstić information content (AvgIpc) is 2.53. The molecule has 122 valence electrons. The van der Waals surface area contributed by atoms with Crippen LogP contribution in [0.25, 0.3) is 0 Å². The molecule has 1 aromatic rings. The molecular weight excluding hydrogens is 301 g/mol. The molecule has 0 saturated carbocycles. The smallest absolute Gasteiger partial charge is 0.166 e. The van der Waals surface area contributed by atoms with Crippen LogP contribution in [-0.2, 0) is 11.3 Å². The maximum atomic E-state index is 12.8. The van der Waals surface area contributed by atoms with Gasteiger partial charge in [-0.15, -0.1) is 0 Å². The fourth-order valence-corrected chi connectivity index (χ4v) is 2.57. The summed E-state index contributed by atoms with van der Waals surface area (Å²) in [5, 5.41) is 7.03. The molecule has 22 heavy (non-hydrogen) atoms. The van der Waals surface area contributed by atoms with Crippen molar-refractivity contribution in [3.63, 3.8) is 0 Å². The third-order valence-electron chi connectivity index (χ3n) is 3.92. The van der Waals surface area contributed by atoms with Crippen molar-refractivity contribution < 1.29 is 9.13 Å². The van der Waals surface area contributed by atoms with E-state index in [0.717, 1.165) is 38.4 Å². The first kappa shape index (κ1) is 17.1. The van der Waals surface area contributed by atoms with Crippen molar-refractivity contribution in [3.8, 4) is 0 Å². The molecule has 6 heteroatoms. The lowest BCUT2D eigenvalue weighted by Gasteiger charge is -2.41. The van der Waals surface area contributed by atoms with Crippen molar-refractivity contribution in [1.29, 1.82) is 0 Å². The molecule has 0 unspecified atom stereocenters. The van der Waals surface area contributed by atoms with E-state index in [1.807, 2.05) is 0 Å². The number of nitrogens with zero attached hydrogens (tertiary/aromatic N) is 1. The van der Waals surface area contributed by atoms with Gasteiger partial charge in [-0.3, -0.25) is 4.90 Å². The summed E-state index contributed by atoms with van der Waals surface area (Å²) < 4.78 is 18.2. The second-order valence-corrected chi connectivity index (χ2v) is 6.48. The topological polar surface area (TPSA) is 36.5 Å². The number of nitrogens with one attached hydrogen (secondary N) is 2. The fraction of sp³-hybridized carbons (Fsp3) is 0.562. The van der Waals surface area contributed by atoms with Crippen molar-refractivity contribution >= 4 is 17.3 Å². The summed E-state index contributed by atoms with van der Waals surface area (Å²) in [6.45, 7) is 9.23. The molecule has 0 radical (unpaired) electrons. The quantitative estimate of drug-likeness (QED) is 0.809. The second kappa shape index (κ2) is 7.85. The molecule has 2 rings (SSSR count). The van der Waals surface area contributed by atoms with Crippen LogP contribution in [0.3, 0.4) is 0 Å². The molecule has 0 bridgehead atoms. The van der Waals surface area contributed by atoms with Crippen LogP contribution in [0.4, 0.5) is 4.39 Å². The summed E-state index contributed by atoms with van der Waals surface area (Å²) in [4.78, 5) is 2.41. The molecule has 1 fully saturated rings. The van der Waals surface area contributed by atoms with E-state index in [1.54, 1.807) is 12.1 Å². The first-order valence-corrected chi connectivity index (χ1v) is 7.97. The van der Waals surface area contributed by atoms with Gasteiger partial charge in [-0.1, -0.05) is 12.1 Å². The lowest BCUT2D eigenvalue weighted by atomic mass is 10.0. The van der Waals surface area contributed by atoms with Crippen molar-refractivity contribution in [1.82, 2.24) is 15.5 Å². The standard InChI is InChI=1S/C16H24FN3OS/c1-16(2,20-7-9-21-10-8-20)12-19-15(22)18-11-13-3-5-14(17)6-4-13/h3-6H,7-12H2,1-2H3,(H2,18,19,22). The summed E-state index contributed by atoms with van der Waals surface area (Å²) in [6.07, 6.45) is 0. The van der Waals surface area contributed by atoms with Crippen LogP contribution in [-0.4, -0.2) is 48.4 Å². The Bertz CT molecular complexity index is 487. The van der Waals surface area contributed by atoms with Gasteiger partial charge >= 0.3 is 0 Å². The predicted molar refractivity (Wildman–Crippen MR) is 90.3 cm³/mol. The minimum absolute atomic E-state index is 0.0192. The van der Waals surface area contributed by atoms with Crippen LogP contribution >= 0.6 is 12.2 Å². The zero-order valence-electron chi connectivity index (χ0n) is 13.2. The van der Waals surface area contributed by atoms with Gasteiger partial charge in [-0.25, -0.2) is 4.39 Å². The molecular formula is C16H24FN3OS. The summed E-state index contributed by atoms with van der Waals surface area (Å²) in [6, 6.07) is 6.41. The number of morpholine rings is 1. The number of thiocarbonyl (C=S) groups is 1. The van der Waals surface area contributed by atoms with E-state index >= 15 is 0 Å². The van der Waals surface area contributed by atoms with E-state index in [0.29, 0.717) is 11.7 Å². The van der Waals surface area contributed by atoms with E-state index in [4.69, 9.17) is 17.0 Å². The Morgan fingerprint density at radius 1 is 1.23 bits per heavy atom. The zero-order chi connectivity index (χ0) is 16.0. The summed E-state index contributed by atoms with van der Waals surface area (Å²) in [5.74, 6) is -0.225. The first-order valence-electron chi connectivity index (χ1n) is 7.56. The fourth-order valence-electron chi connectivity index (χ4n) is 2.42. The number of hydrogen-bond acceptors (Lipinski definition) is 3. The average molecular weight is 325 g/mol. The van der Waals surface area contributed by atoms with Crippen molar-refractivity contribution in [2.24, 2.45) is 0 Å². The highest BCUT2D eigenvalue weighted by Crippen LogP contribution is 2.15. The highest BCUT2D eigenvalue weighted by molar-refractivity contribution is 7.80. The second-order valence-electron chi connectivity index (χ2n) is 6.07. The minimum Gasteiger partial charge on any atom is -0.379 e. The molecule has 1 aliphatic rings. The van der Waals surface area contributed by atoms with Crippen LogP contribution in [0, 0.1) is 5.82 Å². The van der Waals surface area contributed by atoms with Gasteiger partial charge in [0, 0.05) is 31.7 Å².